The van der Waals surface area contributed by atoms with Crippen molar-refractivity contribution in [1.29, 1.82) is 5.26 Å². The molecule has 0 amide bonds. The third kappa shape index (κ3) is 2.72. The molecule has 0 saturated heterocycles. The Morgan fingerprint density at radius 1 is 1.05 bits per heavy atom. The Balaban J connectivity index is 2.08. The van der Waals surface area contributed by atoms with E-state index < -0.39 is 0 Å². The second-order valence-electron chi connectivity index (χ2n) is 4.52. The molecule has 0 spiro atoms. The minimum absolute atomic E-state index is 0.0955. The molecule has 3 rings (SSSR count). The molecule has 0 aliphatic heterocycles. The first-order valence-corrected chi connectivity index (χ1v) is 6.62. The fourth-order valence-electron chi connectivity index (χ4n) is 2.06. The number of nitriles is 1. The molecule has 5 nitrogen and oxygen atoms in total. The number of hydrogen-bond donors (Lipinski definition) is 1. The molecule has 2 aromatic heterocycles. The van der Waals surface area contributed by atoms with Gasteiger partial charge >= 0.3 is 0 Å². The summed E-state index contributed by atoms with van der Waals surface area (Å²) < 4.78 is 5.31. The van der Waals surface area contributed by atoms with Gasteiger partial charge in [0, 0.05) is 0 Å². The Bertz CT molecular complexity index is 846. The fraction of sp³-hybridized carbons (Fsp3) is 0. The second-order valence-corrected chi connectivity index (χ2v) is 4.52. The van der Waals surface area contributed by atoms with Crippen molar-refractivity contribution in [3.63, 3.8) is 0 Å². The van der Waals surface area contributed by atoms with E-state index >= 15 is 0 Å². The highest BCUT2D eigenvalue weighted by atomic mass is 16.3. The molecule has 0 atom stereocenters. The van der Waals surface area contributed by atoms with Gasteiger partial charge in [-0.1, -0.05) is 36.4 Å². The van der Waals surface area contributed by atoms with Crippen LogP contribution in [-0.2, 0) is 0 Å². The second kappa shape index (κ2) is 5.94. The van der Waals surface area contributed by atoms with Crippen molar-refractivity contribution >= 4 is 18.1 Å². The number of aromatic nitrogens is 2. The van der Waals surface area contributed by atoms with Gasteiger partial charge in [0.1, 0.15) is 17.3 Å². The van der Waals surface area contributed by atoms with Crippen LogP contribution in [0.3, 0.4) is 0 Å². The minimum atomic E-state index is 0.0955. The fourth-order valence-corrected chi connectivity index (χ4v) is 2.06. The van der Waals surface area contributed by atoms with Gasteiger partial charge in [0.15, 0.2) is 5.76 Å². The van der Waals surface area contributed by atoms with Crippen molar-refractivity contribution in [2.24, 2.45) is 0 Å². The number of hydrogen-bond acceptors (Lipinski definition) is 5. The van der Waals surface area contributed by atoms with Gasteiger partial charge in [0.05, 0.1) is 12.0 Å². The van der Waals surface area contributed by atoms with E-state index in [1.807, 2.05) is 36.4 Å². The molecule has 1 aromatic carbocycles. The van der Waals surface area contributed by atoms with E-state index in [0.717, 1.165) is 5.56 Å². The Kier molecular flexibility index (Phi) is 3.67. The predicted octanol–water partition coefficient (Wildman–Crippen LogP) is 3.36. The highest BCUT2D eigenvalue weighted by molar-refractivity contribution is 5.76. The van der Waals surface area contributed by atoms with Crippen LogP contribution in [0.4, 0.5) is 5.95 Å². The molecule has 2 N–H and O–H groups in total. The summed E-state index contributed by atoms with van der Waals surface area (Å²) in [5.41, 5.74) is 7.94. The monoisotopic (exact) mass is 288 g/mol. The molecule has 3 aromatic rings. The van der Waals surface area contributed by atoms with Crippen LogP contribution in [0, 0.1) is 11.3 Å². The van der Waals surface area contributed by atoms with Gasteiger partial charge in [-0.3, -0.25) is 0 Å². The molecule has 0 aliphatic rings. The Labute approximate surface area is 127 Å². The largest absolute Gasteiger partial charge is 0.463 e. The average molecular weight is 288 g/mol. The zero-order valence-corrected chi connectivity index (χ0v) is 11.6. The van der Waals surface area contributed by atoms with Crippen molar-refractivity contribution in [2.45, 2.75) is 0 Å². The number of nitrogen functional groups attached to an aromatic ring is 1. The summed E-state index contributed by atoms with van der Waals surface area (Å²) in [5.74, 6) is 0.582. The SMILES string of the molecule is N#Cc1c(C=Cc2ccccc2)nc(N)nc1-c1ccco1. The molecule has 5 heteroatoms. The summed E-state index contributed by atoms with van der Waals surface area (Å²) >= 11 is 0. The van der Waals surface area contributed by atoms with E-state index in [-0.39, 0.29) is 5.95 Å². The Morgan fingerprint density at radius 2 is 1.86 bits per heavy atom. The van der Waals surface area contributed by atoms with Gasteiger partial charge in [-0.05, 0) is 23.8 Å². The van der Waals surface area contributed by atoms with Gasteiger partial charge in [0.2, 0.25) is 5.95 Å². The number of benzene rings is 1. The minimum Gasteiger partial charge on any atom is -0.463 e. The summed E-state index contributed by atoms with van der Waals surface area (Å²) in [6, 6.07) is 15.3. The third-order valence-electron chi connectivity index (χ3n) is 3.05. The first-order valence-electron chi connectivity index (χ1n) is 6.62. The summed E-state index contributed by atoms with van der Waals surface area (Å²) in [6.07, 6.45) is 5.14. The topological polar surface area (TPSA) is 88.7 Å². The summed E-state index contributed by atoms with van der Waals surface area (Å²) in [7, 11) is 0. The van der Waals surface area contributed by atoms with Gasteiger partial charge in [-0.25, -0.2) is 9.97 Å². The van der Waals surface area contributed by atoms with Crippen LogP contribution < -0.4 is 5.73 Å². The van der Waals surface area contributed by atoms with Crippen LogP contribution in [-0.4, -0.2) is 9.97 Å². The van der Waals surface area contributed by atoms with Crippen molar-refractivity contribution in [2.75, 3.05) is 5.73 Å². The quantitative estimate of drug-likeness (QED) is 0.798. The molecule has 22 heavy (non-hydrogen) atoms. The average Bonchev–Trinajstić information content (AvgIpc) is 3.07. The molecule has 0 fully saturated rings. The van der Waals surface area contributed by atoms with Crippen LogP contribution in [0.2, 0.25) is 0 Å². The predicted molar refractivity (Wildman–Crippen MR) is 84.2 cm³/mol. The van der Waals surface area contributed by atoms with E-state index in [4.69, 9.17) is 10.2 Å². The molecule has 0 saturated carbocycles. The van der Waals surface area contributed by atoms with Gasteiger partial charge < -0.3 is 10.2 Å². The van der Waals surface area contributed by atoms with Crippen molar-refractivity contribution < 1.29 is 4.42 Å². The standard InChI is InChI=1S/C17H12N4O/c18-11-13-14(9-8-12-5-2-1-3-6-12)20-17(19)21-16(13)15-7-4-10-22-15/h1-10H,(H2,19,20,21). The van der Waals surface area contributed by atoms with Gasteiger partial charge in [-0.15, -0.1) is 0 Å². The number of rotatable bonds is 3. The zero-order chi connectivity index (χ0) is 15.4. The maximum atomic E-state index is 9.44. The number of nitrogens with zero attached hydrogens (tertiary/aromatic N) is 3. The van der Waals surface area contributed by atoms with Crippen LogP contribution >= 0.6 is 0 Å². The molecular formula is C17H12N4O. The smallest absolute Gasteiger partial charge is 0.221 e. The first-order chi connectivity index (χ1) is 10.8. The van der Waals surface area contributed by atoms with E-state index in [2.05, 4.69) is 16.0 Å². The van der Waals surface area contributed by atoms with Crippen molar-refractivity contribution in [1.82, 2.24) is 9.97 Å². The molecular weight excluding hydrogens is 276 g/mol. The lowest BCUT2D eigenvalue weighted by Gasteiger charge is -2.04. The first kappa shape index (κ1) is 13.6. The Hall–Kier alpha value is -3.39. The van der Waals surface area contributed by atoms with E-state index in [9.17, 15) is 5.26 Å². The van der Waals surface area contributed by atoms with Crippen LogP contribution in [0.5, 0.6) is 0 Å². The lowest BCUT2D eigenvalue weighted by Crippen LogP contribution is -2.02. The zero-order valence-electron chi connectivity index (χ0n) is 11.6. The molecule has 0 radical (unpaired) electrons. The summed E-state index contributed by atoms with van der Waals surface area (Å²) in [6.45, 7) is 0. The Morgan fingerprint density at radius 3 is 2.55 bits per heavy atom. The van der Waals surface area contributed by atoms with Gasteiger partial charge in [0.25, 0.3) is 0 Å². The van der Waals surface area contributed by atoms with Crippen molar-refractivity contribution in [3.05, 3.63) is 65.5 Å². The summed E-state index contributed by atoms with van der Waals surface area (Å²) in [5, 5.41) is 9.44. The lowest BCUT2D eigenvalue weighted by molar-refractivity contribution is 0.579. The number of nitrogens with two attached hydrogens (primary N) is 1. The lowest BCUT2D eigenvalue weighted by atomic mass is 10.1. The maximum absolute atomic E-state index is 9.44. The van der Waals surface area contributed by atoms with Crippen molar-refractivity contribution in [3.8, 4) is 17.5 Å². The van der Waals surface area contributed by atoms with Gasteiger partial charge in [-0.2, -0.15) is 5.26 Å². The van der Waals surface area contributed by atoms with Crippen LogP contribution in [0.25, 0.3) is 23.6 Å². The van der Waals surface area contributed by atoms with E-state index in [1.54, 1.807) is 18.2 Å². The highest BCUT2D eigenvalue weighted by Gasteiger charge is 2.15. The van der Waals surface area contributed by atoms with E-state index in [0.29, 0.717) is 22.7 Å². The molecule has 2 heterocycles. The summed E-state index contributed by atoms with van der Waals surface area (Å²) in [4.78, 5) is 8.26. The van der Waals surface area contributed by atoms with E-state index in [1.165, 1.54) is 6.26 Å². The maximum Gasteiger partial charge on any atom is 0.221 e. The number of furan rings is 1. The normalized spacial score (nSPS) is 10.7. The highest BCUT2D eigenvalue weighted by Crippen LogP contribution is 2.25. The molecule has 0 aliphatic carbocycles. The molecule has 106 valence electrons. The van der Waals surface area contributed by atoms with Crippen LogP contribution in [0.15, 0.2) is 53.1 Å². The number of anilines is 1. The third-order valence-corrected chi connectivity index (χ3v) is 3.05. The molecule has 0 unspecified atom stereocenters. The van der Waals surface area contributed by atoms with Crippen LogP contribution in [0.1, 0.15) is 16.8 Å². The molecule has 0 bridgehead atoms.